The second kappa shape index (κ2) is 10.2. The van der Waals surface area contributed by atoms with Gasteiger partial charge >= 0.3 is 0 Å². The number of ether oxygens (including phenoxy) is 2. The summed E-state index contributed by atoms with van der Waals surface area (Å²) in [5.41, 5.74) is 5.95. The number of thioether (sulfide) groups is 1. The van der Waals surface area contributed by atoms with Gasteiger partial charge in [-0.25, -0.2) is 0 Å². The van der Waals surface area contributed by atoms with Crippen LogP contribution in [-0.4, -0.2) is 21.3 Å². The van der Waals surface area contributed by atoms with Crippen molar-refractivity contribution in [3.05, 3.63) is 89.5 Å². The van der Waals surface area contributed by atoms with Gasteiger partial charge in [-0.05, 0) is 68.5 Å². The fourth-order valence-electron chi connectivity index (χ4n) is 4.61. The van der Waals surface area contributed by atoms with Crippen LogP contribution in [-0.2, 0) is 5.75 Å². The molecular weight excluding hydrogens is 468 g/mol. The minimum atomic E-state index is -0.417. The van der Waals surface area contributed by atoms with Crippen LogP contribution >= 0.6 is 11.8 Å². The highest BCUT2D eigenvalue weighted by atomic mass is 32.2. The standard InChI is InChI=1S/C29H28N4O2S/c1-19-10-12-20(13-11-19)18-36-29-31-28-26(32-33-29)24-8-4-5-9-25(24)30-27(35-28)21-14-16-23(17-15-21)34-22-6-2-3-7-22/h4-5,8-17,22,27,30H,2-3,6-7,18H2,1H3/t27-/m0/s1. The van der Waals surface area contributed by atoms with Crippen molar-refractivity contribution in [2.24, 2.45) is 0 Å². The van der Waals surface area contributed by atoms with Gasteiger partial charge in [0.05, 0.1) is 6.10 Å². The van der Waals surface area contributed by atoms with Gasteiger partial charge < -0.3 is 14.8 Å². The molecule has 0 amide bonds. The number of nitrogens with one attached hydrogen (secondary N) is 1. The molecule has 36 heavy (non-hydrogen) atoms. The number of nitrogens with zero attached hydrogens (tertiary/aromatic N) is 3. The third kappa shape index (κ3) is 5.02. The first-order valence-corrected chi connectivity index (χ1v) is 13.4. The quantitative estimate of drug-likeness (QED) is 0.289. The zero-order valence-corrected chi connectivity index (χ0v) is 21.0. The monoisotopic (exact) mass is 496 g/mol. The zero-order valence-electron chi connectivity index (χ0n) is 20.2. The first kappa shape index (κ1) is 22.9. The normalized spacial score (nSPS) is 16.9. The van der Waals surface area contributed by atoms with Crippen molar-refractivity contribution in [1.82, 2.24) is 15.2 Å². The fraction of sp³-hybridized carbons (Fsp3) is 0.276. The summed E-state index contributed by atoms with van der Waals surface area (Å²) in [7, 11) is 0. The van der Waals surface area contributed by atoms with Crippen molar-refractivity contribution in [3.8, 4) is 22.9 Å². The largest absolute Gasteiger partial charge is 0.490 e. The summed E-state index contributed by atoms with van der Waals surface area (Å²) in [4.78, 5) is 4.77. The van der Waals surface area contributed by atoms with Gasteiger partial charge in [-0.1, -0.05) is 59.8 Å². The van der Waals surface area contributed by atoms with E-state index in [2.05, 4.69) is 58.8 Å². The summed E-state index contributed by atoms with van der Waals surface area (Å²) < 4.78 is 12.6. The van der Waals surface area contributed by atoms with E-state index in [1.807, 2.05) is 36.4 Å². The number of aryl methyl sites for hydroxylation is 1. The lowest BCUT2D eigenvalue weighted by atomic mass is 10.1. The Kier molecular flexibility index (Phi) is 6.47. The Morgan fingerprint density at radius 3 is 2.53 bits per heavy atom. The average molecular weight is 497 g/mol. The number of para-hydroxylation sites is 1. The number of anilines is 1. The maximum atomic E-state index is 6.43. The van der Waals surface area contributed by atoms with Gasteiger partial charge in [0.1, 0.15) is 5.75 Å². The molecule has 4 aromatic rings. The molecule has 2 heterocycles. The lowest BCUT2D eigenvalue weighted by Crippen LogP contribution is -2.17. The van der Waals surface area contributed by atoms with E-state index in [0.717, 1.165) is 41.2 Å². The SMILES string of the molecule is Cc1ccc(CSc2nnc3c(n2)O[C@@H](c2ccc(OC4CCCC4)cc2)Nc2ccccc2-3)cc1. The molecule has 6 rings (SSSR count). The van der Waals surface area contributed by atoms with Crippen molar-refractivity contribution in [1.29, 1.82) is 0 Å². The van der Waals surface area contributed by atoms with Gasteiger partial charge in [0.2, 0.25) is 11.0 Å². The predicted molar refractivity (Wildman–Crippen MR) is 142 cm³/mol. The highest BCUT2D eigenvalue weighted by Crippen LogP contribution is 2.40. The summed E-state index contributed by atoms with van der Waals surface area (Å²) in [5.74, 6) is 2.14. The molecular formula is C29H28N4O2S. The molecule has 2 aliphatic rings. The van der Waals surface area contributed by atoms with Crippen LogP contribution in [0.2, 0.25) is 0 Å². The van der Waals surface area contributed by atoms with Crippen molar-refractivity contribution in [2.45, 2.75) is 55.8 Å². The fourth-order valence-corrected chi connectivity index (χ4v) is 5.35. The Labute approximate surface area is 215 Å². The van der Waals surface area contributed by atoms with Gasteiger partial charge in [0.25, 0.3) is 0 Å². The van der Waals surface area contributed by atoms with E-state index in [9.17, 15) is 0 Å². The first-order chi connectivity index (χ1) is 17.7. The van der Waals surface area contributed by atoms with Crippen molar-refractivity contribution in [2.75, 3.05) is 5.32 Å². The number of hydrogen-bond donors (Lipinski definition) is 1. The number of hydrogen-bond acceptors (Lipinski definition) is 7. The number of aromatic nitrogens is 3. The van der Waals surface area contributed by atoms with E-state index >= 15 is 0 Å². The molecule has 1 aliphatic heterocycles. The molecule has 1 atom stereocenters. The molecule has 1 aromatic heterocycles. The maximum absolute atomic E-state index is 6.43. The number of fused-ring (bicyclic) bond motifs is 3. The van der Waals surface area contributed by atoms with Crippen LogP contribution in [0.4, 0.5) is 5.69 Å². The second-order valence-electron chi connectivity index (χ2n) is 9.30. The summed E-state index contributed by atoms with van der Waals surface area (Å²) >= 11 is 1.55. The smallest absolute Gasteiger partial charge is 0.247 e. The first-order valence-electron chi connectivity index (χ1n) is 12.4. The topological polar surface area (TPSA) is 69.2 Å². The van der Waals surface area contributed by atoms with Gasteiger partial charge in [-0.2, -0.15) is 4.98 Å². The van der Waals surface area contributed by atoms with Gasteiger partial charge in [-0.3, -0.25) is 0 Å². The molecule has 1 saturated carbocycles. The Balaban J connectivity index is 1.25. The van der Waals surface area contributed by atoms with Crippen LogP contribution in [0, 0.1) is 6.92 Å². The minimum absolute atomic E-state index is 0.334. The molecule has 1 N–H and O–H groups in total. The minimum Gasteiger partial charge on any atom is -0.490 e. The Bertz CT molecular complexity index is 1340. The Hall–Kier alpha value is -3.58. The molecule has 0 unspecified atom stereocenters. The van der Waals surface area contributed by atoms with E-state index in [1.54, 1.807) is 11.8 Å². The van der Waals surface area contributed by atoms with Gasteiger partial charge in [-0.15, -0.1) is 10.2 Å². The van der Waals surface area contributed by atoms with Gasteiger partial charge in [0.15, 0.2) is 11.9 Å². The van der Waals surface area contributed by atoms with Crippen molar-refractivity contribution in [3.63, 3.8) is 0 Å². The molecule has 1 fully saturated rings. The van der Waals surface area contributed by atoms with Crippen LogP contribution in [0.15, 0.2) is 78.0 Å². The van der Waals surface area contributed by atoms with Crippen LogP contribution in [0.1, 0.15) is 48.6 Å². The second-order valence-corrected chi connectivity index (χ2v) is 10.2. The van der Waals surface area contributed by atoms with E-state index in [4.69, 9.17) is 14.5 Å². The zero-order chi connectivity index (χ0) is 24.3. The highest BCUT2D eigenvalue weighted by molar-refractivity contribution is 7.98. The number of benzene rings is 3. The van der Waals surface area contributed by atoms with E-state index in [1.165, 1.54) is 24.0 Å². The van der Waals surface area contributed by atoms with Crippen molar-refractivity contribution >= 4 is 17.4 Å². The van der Waals surface area contributed by atoms with Crippen LogP contribution < -0.4 is 14.8 Å². The molecule has 0 spiro atoms. The van der Waals surface area contributed by atoms with Crippen LogP contribution in [0.5, 0.6) is 11.6 Å². The third-order valence-electron chi connectivity index (χ3n) is 6.61. The molecule has 3 aromatic carbocycles. The predicted octanol–water partition coefficient (Wildman–Crippen LogP) is 6.96. The highest BCUT2D eigenvalue weighted by Gasteiger charge is 2.26. The van der Waals surface area contributed by atoms with E-state index in [-0.39, 0.29) is 0 Å². The Morgan fingerprint density at radius 1 is 0.944 bits per heavy atom. The lowest BCUT2D eigenvalue weighted by molar-refractivity contribution is 0.209. The summed E-state index contributed by atoms with van der Waals surface area (Å²) in [5, 5.41) is 13.0. The Morgan fingerprint density at radius 2 is 1.72 bits per heavy atom. The molecule has 0 bridgehead atoms. The molecule has 0 radical (unpaired) electrons. The summed E-state index contributed by atoms with van der Waals surface area (Å²) in [6, 6.07) is 24.7. The molecule has 182 valence electrons. The van der Waals surface area contributed by atoms with Crippen LogP contribution in [0.3, 0.4) is 0 Å². The molecule has 1 aliphatic carbocycles. The summed E-state index contributed by atoms with van der Waals surface area (Å²) in [6.07, 6.45) is 4.70. The van der Waals surface area contributed by atoms with E-state index < -0.39 is 6.23 Å². The molecule has 0 saturated heterocycles. The lowest BCUT2D eigenvalue weighted by Gasteiger charge is -2.20. The summed E-state index contributed by atoms with van der Waals surface area (Å²) in [6.45, 7) is 2.09. The molecule has 7 heteroatoms. The van der Waals surface area contributed by atoms with Crippen molar-refractivity contribution < 1.29 is 9.47 Å². The van der Waals surface area contributed by atoms with Crippen LogP contribution in [0.25, 0.3) is 11.3 Å². The average Bonchev–Trinajstić information content (AvgIpc) is 3.36. The molecule has 6 nitrogen and oxygen atoms in total. The van der Waals surface area contributed by atoms with Gasteiger partial charge in [0, 0.05) is 22.6 Å². The van der Waals surface area contributed by atoms with E-state index in [0.29, 0.717) is 22.8 Å². The maximum Gasteiger partial charge on any atom is 0.247 e. The number of rotatable bonds is 6. The third-order valence-corrected chi connectivity index (χ3v) is 7.52.